The number of benzene rings is 1. The van der Waals surface area contributed by atoms with Gasteiger partial charge in [-0.1, -0.05) is 12.1 Å². The number of hydrogen-bond donors (Lipinski definition) is 1. The number of aryl methyl sites for hydroxylation is 1. The first-order valence-electron chi connectivity index (χ1n) is 10.1. The maximum atomic E-state index is 13.1. The van der Waals surface area contributed by atoms with Crippen LogP contribution in [0, 0.1) is 5.82 Å². The van der Waals surface area contributed by atoms with Crippen molar-refractivity contribution in [3.8, 4) is 10.4 Å². The smallest absolute Gasteiger partial charge is 0.254 e. The molecule has 0 spiro atoms. The molecule has 0 unspecified atom stereocenters. The van der Waals surface area contributed by atoms with E-state index in [9.17, 15) is 14.0 Å². The molecule has 1 aromatic carbocycles. The van der Waals surface area contributed by atoms with E-state index in [-0.39, 0.29) is 23.7 Å². The van der Waals surface area contributed by atoms with Crippen LogP contribution >= 0.6 is 11.3 Å². The van der Waals surface area contributed by atoms with Gasteiger partial charge in [0.25, 0.3) is 5.91 Å². The minimum Gasteiger partial charge on any atom is -0.349 e. The van der Waals surface area contributed by atoms with Gasteiger partial charge in [-0.3, -0.25) is 14.3 Å². The van der Waals surface area contributed by atoms with Crippen LogP contribution in [0.4, 0.5) is 4.39 Å². The molecular formula is C23H23FN4O2S. The number of nitrogens with one attached hydrogen (secondary N) is 1. The topological polar surface area (TPSA) is 67.2 Å². The number of thiophene rings is 1. The summed E-state index contributed by atoms with van der Waals surface area (Å²) < 4.78 is 14.7. The predicted octanol–water partition coefficient (Wildman–Crippen LogP) is 3.72. The van der Waals surface area contributed by atoms with Crippen molar-refractivity contribution < 1.29 is 14.0 Å². The van der Waals surface area contributed by atoms with Gasteiger partial charge in [-0.05, 0) is 48.7 Å². The largest absolute Gasteiger partial charge is 0.349 e. The Hall–Kier alpha value is -3.26. The predicted molar refractivity (Wildman–Crippen MR) is 119 cm³/mol. The van der Waals surface area contributed by atoms with Crippen molar-refractivity contribution in [3.05, 3.63) is 71.1 Å². The second kappa shape index (κ2) is 9.26. The zero-order valence-electron chi connectivity index (χ0n) is 17.1. The summed E-state index contributed by atoms with van der Waals surface area (Å²) in [7, 11) is 1.77. The van der Waals surface area contributed by atoms with Gasteiger partial charge in [-0.25, -0.2) is 4.39 Å². The molecule has 160 valence electrons. The Balaban J connectivity index is 1.27. The fourth-order valence-electron chi connectivity index (χ4n) is 3.52. The van der Waals surface area contributed by atoms with Crippen LogP contribution in [0.3, 0.4) is 0 Å². The van der Waals surface area contributed by atoms with Gasteiger partial charge in [0, 0.05) is 48.2 Å². The molecule has 3 heterocycles. The highest BCUT2D eigenvalue weighted by Gasteiger charge is 2.23. The quantitative estimate of drug-likeness (QED) is 0.618. The number of carbonyl (C=O) groups excluding carboxylic acids is 2. The lowest BCUT2D eigenvalue weighted by Crippen LogP contribution is -2.46. The minimum absolute atomic E-state index is 0.0335. The van der Waals surface area contributed by atoms with Gasteiger partial charge < -0.3 is 10.2 Å². The molecule has 1 N–H and O–H groups in total. The number of aromatic nitrogens is 2. The molecule has 0 aliphatic carbocycles. The molecule has 0 atom stereocenters. The molecule has 8 heteroatoms. The molecule has 2 amide bonds. The number of nitrogens with zero attached hydrogens (tertiary/aromatic N) is 3. The number of carbonyl (C=O) groups is 2. The first kappa shape index (κ1) is 21.0. The Kier molecular flexibility index (Phi) is 6.27. The Morgan fingerprint density at radius 1 is 1.16 bits per heavy atom. The molecule has 1 aliphatic heterocycles. The Morgan fingerprint density at radius 2 is 1.90 bits per heavy atom. The number of amides is 2. The van der Waals surface area contributed by atoms with Crippen LogP contribution in [0.25, 0.3) is 16.5 Å². The summed E-state index contributed by atoms with van der Waals surface area (Å²) in [4.78, 5) is 28.6. The van der Waals surface area contributed by atoms with Crippen molar-refractivity contribution in [3.63, 3.8) is 0 Å². The fraction of sp³-hybridized carbons (Fsp3) is 0.261. The summed E-state index contributed by atoms with van der Waals surface area (Å²) in [5.74, 6) is -0.423. The number of halogens is 1. The summed E-state index contributed by atoms with van der Waals surface area (Å²) in [6.45, 7) is 1.21. The van der Waals surface area contributed by atoms with Crippen molar-refractivity contribution in [1.29, 1.82) is 0 Å². The van der Waals surface area contributed by atoms with E-state index in [2.05, 4.69) is 10.4 Å². The third kappa shape index (κ3) is 5.27. The van der Waals surface area contributed by atoms with E-state index in [1.807, 2.05) is 18.2 Å². The molecule has 31 heavy (non-hydrogen) atoms. The monoisotopic (exact) mass is 438 g/mol. The first-order valence-corrected chi connectivity index (χ1v) is 10.9. The van der Waals surface area contributed by atoms with Crippen molar-refractivity contribution in [2.24, 2.45) is 7.05 Å². The van der Waals surface area contributed by atoms with E-state index < -0.39 is 0 Å². The highest BCUT2D eigenvalue weighted by molar-refractivity contribution is 7.16. The van der Waals surface area contributed by atoms with Gasteiger partial charge in [-0.2, -0.15) is 5.10 Å². The second-order valence-corrected chi connectivity index (χ2v) is 8.63. The number of hydrogen-bond acceptors (Lipinski definition) is 4. The third-order valence-electron chi connectivity index (χ3n) is 5.25. The normalized spacial score (nSPS) is 14.8. The van der Waals surface area contributed by atoms with Gasteiger partial charge in [0.2, 0.25) is 5.91 Å². The summed E-state index contributed by atoms with van der Waals surface area (Å²) in [5, 5.41) is 7.03. The molecule has 1 saturated heterocycles. The van der Waals surface area contributed by atoms with Gasteiger partial charge >= 0.3 is 0 Å². The van der Waals surface area contributed by atoms with Crippen LogP contribution in [0.1, 0.15) is 28.1 Å². The fourth-order valence-corrected chi connectivity index (χ4v) is 4.44. The molecular weight excluding hydrogens is 415 g/mol. The first-order chi connectivity index (χ1) is 15.0. The van der Waals surface area contributed by atoms with Gasteiger partial charge in [0.1, 0.15) is 5.82 Å². The second-order valence-electron chi connectivity index (χ2n) is 7.52. The number of piperidine rings is 1. The highest BCUT2D eigenvalue weighted by Crippen LogP contribution is 2.29. The van der Waals surface area contributed by atoms with Crippen LogP contribution in [-0.2, 0) is 11.8 Å². The zero-order chi connectivity index (χ0) is 21.8. The Bertz CT molecular complexity index is 1090. The van der Waals surface area contributed by atoms with Gasteiger partial charge in [-0.15, -0.1) is 11.3 Å². The molecule has 1 aliphatic rings. The highest BCUT2D eigenvalue weighted by atomic mass is 32.1. The lowest BCUT2D eigenvalue weighted by Gasteiger charge is -2.31. The van der Waals surface area contributed by atoms with E-state index in [1.54, 1.807) is 58.6 Å². The summed E-state index contributed by atoms with van der Waals surface area (Å²) in [6, 6.07) is 10.4. The van der Waals surface area contributed by atoms with Crippen molar-refractivity contribution >= 4 is 29.2 Å². The zero-order valence-corrected chi connectivity index (χ0v) is 17.9. The van der Waals surface area contributed by atoms with Crippen LogP contribution in [0.2, 0.25) is 0 Å². The molecule has 6 nitrogen and oxygen atoms in total. The molecule has 0 radical (unpaired) electrons. The van der Waals surface area contributed by atoms with Gasteiger partial charge in [0.15, 0.2) is 0 Å². The van der Waals surface area contributed by atoms with Crippen molar-refractivity contribution in [2.75, 3.05) is 13.1 Å². The molecule has 2 aromatic heterocycles. The lowest BCUT2D eigenvalue weighted by atomic mass is 10.0. The average molecular weight is 439 g/mol. The standard InChI is InChI=1S/C23H23FN4O2S/c1-27-15-17(14-25-27)23(30)26-19-10-12-28(13-11-19)22(29)9-7-20-6-8-21(31-20)16-2-4-18(24)5-3-16/h2-9,14-15,19H,10-13H2,1H3,(H,26,30)/b9-7+. The molecule has 0 saturated carbocycles. The maximum absolute atomic E-state index is 13.1. The maximum Gasteiger partial charge on any atom is 0.254 e. The minimum atomic E-state index is -0.258. The molecule has 4 rings (SSSR count). The summed E-state index contributed by atoms with van der Waals surface area (Å²) in [6.07, 6.45) is 8.08. The lowest BCUT2D eigenvalue weighted by molar-refractivity contribution is -0.126. The van der Waals surface area contributed by atoms with Crippen LogP contribution in [-0.4, -0.2) is 45.6 Å². The van der Waals surface area contributed by atoms with Crippen LogP contribution in [0.5, 0.6) is 0 Å². The summed E-state index contributed by atoms with van der Waals surface area (Å²) in [5.41, 5.74) is 1.49. The molecule has 1 fully saturated rings. The number of rotatable bonds is 5. The van der Waals surface area contributed by atoms with E-state index in [1.165, 1.54) is 12.1 Å². The molecule has 0 bridgehead atoms. The van der Waals surface area contributed by atoms with Gasteiger partial charge in [0.05, 0.1) is 11.8 Å². The van der Waals surface area contributed by atoms with Crippen molar-refractivity contribution in [1.82, 2.24) is 20.0 Å². The third-order valence-corrected chi connectivity index (χ3v) is 6.35. The Morgan fingerprint density at radius 3 is 2.58 bits per heavy atom. The van der Waals surface area contributed by atoms with E-state index in [0.717, 1.165) is 28.2 Å². The SMILES string of the molecule is Cn1cc(C(=O)NC2CCN(C(=O)/C=C/c3ccc(-c4ccc(F)cc4)s3)CC2)cn1. The van der Waals surface area contributed by atoms with Crippen molar-refractivity contribution in [2.45, 2.75) is 18.9 Å². The van der Waals surface area contributed by atoms with E-state index >= 15 is 0 Å². The van der Waals surface area contributed by atoms with Crippen LogP contribution in [0.15, 0.2) is 54.9 Å². The average Bonchev–Trinajstić information content (AvgIpc) is 3.42. The van der Waals surface area contributed by atoms with E-state index in [0.29, 0.717) is 18.7 Å². The number of likely N-dealkylation sites (tertiary alicyclic amines) is 1. The Labute approximate surface area is 184 Å². The summed E-state index contributed by atoms with van der Waals surface area (Å²) >= 11 is 1.55. The van der Waals surface area contributed by atoms with E-state index in [4.69, 9.17) is 0 Å². The van der Waals surface area contributed by atoms with Crippen LogP contribution < -0.4 is 5.32 Å². The molecule has 3 aromatic rings.